The fourth-order valence-corrected chi connectivity index (χ4v) is 2.16. The molecule has 0 spiro atoms. The minimum atomic E-state index is -0.960. The fraction of sp³-hybridized carbons (Fsp3) is 0.562. The molecule has 0 fully saturated rings. The maximum atomic E-state index is 12.9. The number of rotatable bonds is 8. The Morgan fingerprint density at radius 1 is 1.33 bits per heavy atom. The molecule has 2 N–H and O–H groups in total. The van der Waals surface area contributed by atoms with Crippen molar-refractivity contribution in [3.05, 3.63) is 30.1 Å². The third-order valence-corrected chi connectivity index (χ3v) is 3.44. The SMILES string of the molecule is CCOC(=O)C(C)(N)CCCN(CC)c1ccc(F)cc1. The Hall–Kier alpha value is -1.62. The van der Waals surface area contributed by atoms with Crippen LogP contribution in [-0.4, -0.2) is 31.2 Å². The number of carbonyl (C=O) groups is 1. The van der Waals surface area contributed by atoms with E-state index in [9.17, 15) is 9.18 Å². The van der Waals surface area contributed by atoms with Gasteiger partial charge in [-0.2, -0.15) is 0 Å². The third kappa shape index (κ3) is 5.34. The summed E-state index contributed by atoms with van der Waals surface area (Å²) in [4.78, 5) is 13.8. The lowest BCUT2D eigenvalue weighted by Crippen LogP contribution is -2.46. The Labute approximate surface area is 126 Å². The highest BCUT2D eigenvalue weighted by atomic mass is 19.1. The van der Waals surface area contributed by atoms with Crippen LogP contribution in [0.1, 0.15) is 33.6 Å². The lowest BCUT2D eigenvalue weighted by Gasteiger charge is -2.26. The molecule has 21 heavy (non-hydrogen) atoms. The van der Waals surface area contributed by atoms with E-state index in [0.717, 1.165) is 25.2 Å². The quantitative estimate of drug-likeness (QED) is 0.749. The zero-order valence-corrected chi connectivity index (χ0v) is 13.1. The average Bonchev–Trinajstić information content (AvgIpc) is 2.45. The number of anilines is 1. The summed E-state index contributed by atoms with van der Waals surface area (Å²) in [6, 6.07) is 6.41. The number of halogens is 1. The first-order valence-corrected chi connectivity index (χ1v) is 7.37. The molecule has 0 saturated heterocycles. The van der Waals surface area contributed by atoms with Crippen LogP contribution in [0.5, 0.6) is 0 Å². The largest absolute Gasteiger partial charge is 0.465 e. The molecule has 5 heteroatoms. The standard InChI is InChI=1S/C16H25FN2O2/c1-4-19(14-9-7-13(17)8-10-14)12-6-11-16(3,18)15(20)21-5-2/h7-10H,4-6,11-12,18H2,1-3H3. The summed E-state index contributed by atoms with van der Waals surface area (Å²) in [6.45, 7) is 7.40. The molecular weight excluding hydrogens is 271 g/mol. The van der Waals surface area contributed by atoms with Crippen molar-refractivity contribution >= 4 is 11.7 Å². The first kappa shape index (κ1) is 17.4. The molecule has 0 bridgehead atoms. The van der Waals surface area contributed by atoms with Crippen molar-refractivity contribution in [2.24, 2.45) is 5.73 Å². The predicted octanol–water partition coefficient (Wildman–Crippen LogP) is 2.71. The predicted molar refractivity (Wildman–Crippen MR) is 82.7 cm³/mol. The molecule has 0 aromatic heterocycles. The monoisotopic (exact) mass is 296 g/mol. The molecule has 0 aliphatic heterocycles. The summed E-state index contributed by atoms with van der Waals surface area (Å²) in [7, 11) is 0. The number of hydrogen-bond acceptors (Lipinski definition) is 4. The van der Waals surface area contributed by atoms with Gasteiger partial charge in [-0.15, -0.1) is 0 Å². The topological polar surface area (TPSA) is 55.6 Å². The van der Waals surface area contributed by atoms with Crippen molar-refractivity contribution in [1.82, 2.24) is 0 Å². The lowest BCUT2D eigenvalue weighted by molar-refractivity contribution is -0.149. The zero-order valence-electron chi connectivity index (χ0n) is 13.1. The van der Waals surface area contributed by atoms with Gasteiger partial charge in [-0.05, 0) is 57.9 Å². The second-order valence-electron chi connectivity index (χ2n) is 5.30. The normalized spacial score (nSPS) is 13.6. The van der Waals surface area contributed by atoms with Crippen LogP contribution in [0.3, 0.4) is 0 Å². The number of esters is 1. The van der Waals surface area contributed by atoms with Crippen molar-refractivity contribution in [3.8, 4) is 0 Å². The molecule has 118 valence electrons. The molecule has 0 heterocycles. The van der Waals surface area contributed by atoms with E-state index in [1.54, 1.807) is 26.0 Å². The van der Waals surface area contributed by atoms with Gasteiger partial charge in [0, 0.05) is 18.8 Å². The van der Waals surface area contributed by atoms with Gasteiger partial charge in [0.05, 0.1) is 6.61 Å². The van der Waals surface area contributed by atoms with E-state index in [4.69, 9.17) is 10.5 Å². The number of carbonyl (C=O) groups excluding carboxylic acids is 1. The molecule has 0 saturated carbocycles. The Balaban J connectivity index is 2.52. The van der Waals surface area contributed by atoms with E-state index >= 15 is 0 Å². The van der Waals surface area contributed by atoms with Crippen molar-refractivity contribution in [3.63, 3.8) is 0 Å². The van der Waals surface area contributed by atoms with Crippen LogP contribution in [0.25, 0.3) is 0 Å². The summed E-state index contributed by atoms with van der Waals surface area (Å²) in [5, 5.41) is 0. The fourth-order valence-electron chi connectivity index (χ4n) is 2.16. The molecule has 1 unspecified atom stereocenters. The number of nitrogens with zero attached hydrogens (tertiary/aromatic N) is 1. The van der Waals surface area contributed by atoms with Crippen LogP contribution < -0.4 is 10.6 Å². The lowest BCUT2D eigenvalue weighted by atomic mass is 9.97. The summed E-state index contributed by atoms with van der Waals surface area (Å²) in [5.74, 6) is -0.610. The number of benzene rings is 1. The van der Waals surface area contributed by atoms with Gasteiger partial charge in [0.15, 0.2) is 0 Å². The highest BCUT2D eigenvalue weighted by Gasteiger charge is 2.29. The number of ether oxygens (including phenoxy) is 1. The average molecular weight is 296 g/mol. The van der Waals surface area contributed by atoms with Crippen molar-refractivity contribution in [2.75, 3.05) is 24.6 Å². The molecule has 1 aromatic rings. The van der Waals surface area contributed by atoms with Gasteiger partial charge in [0.25, 0.3) is 0 Å². The van der Waals surface area contributed by atoms with Crippen LogP contribution >= 0.6 is 0 Å². The van der Waals surface area contributed by atoms with Gasteiger partial charge < -0.3 is 15.4 Å². The van der Waals surface area contributed by atoms with Crippen LogP contribution in [-0.2, 0) is 9.53 Å². The molecule has 1 aromatic carbocycles. The first-order valence-electron chi connectivity index (χ1n) is 7.37. The van der Waals surface area contributed by atoms with Gasteiger partial charge >= 0.3 is 5.97 Å². The summed E-state index contributed by atoms with van der Waals surface area (Å²) >= 11 is 0. The summed E-state index contributed by atoms with van der Waals surface area (Å²) in [5.41, 5.74) is 6.00. The number of hydrogen-bond donors (Lipinski definition) is 1. The van der Waals surface area contributed by atoms with Crippen LogP contribution in [0.15, 0.2) is 24.3 Å². The van der Waals surface area contributed by atoms with Crippen molar-refractivity contribution in [1.29, 1.82) is 0 Å². The molecule has 0 aliphatic rings. The second kappa shape index (κ2) is 7.98. The van der Waals surface area contributed by atoms with E-state index in [-0.39, 0.29) is 11.8 Å². The highest BCUT2D eigenvalue weighted by molar-refractivity contribution is 5.79. The second-order valence-corrected chi connectivity index (χ2v) is 5.30. The van der Waals surface area contributed by atoms with E-state index in [1.807, 2.05) is 6.92 Å². The maximum absolute atomic E-state index is 12.9. The molecule has 0 amide bonds. The Kier molecular flexibility index (Phi) is 6.62. The number of nitrogens with two attached hydrogens (primary N) is 1. The van der Waals surface area contributed by atoms with E-state index in [0.29, 0.717) is 13.0 Å². The Morgan fingerprint density at radius 3 is 2.48 bits per heavy atom. The van der Waals surface area contributed by atoms with Crippen LogP contribution in [0.2, 0.25) is 0 Å². The third-order valence-electron chi connectivity index (χ3n) is 3.44. The highest BCUT2D eigenvalue weighted by Crippen LogP contribution is 2.17. The van der Waals surface area contributed by atoms with Gasteiger partial charge in [0.1, 0.15) is 11.4 Å². The zero-order chi connectivity index (χ0) is 15.9. The van der Waals surface area contributed by atoms with Crippen LogP contribution in [0.4, 0.5) is 10.1 Å². The minimum Gasteiger partial charge on any atom is -0.465 e. The van der Waals surface area contributed by atoms with Crippen LogP contribution in [0, 0.1) is 5.82 Å². The molecule has 1 atom stereocenters. The van der Waals surface area contributed by atoms with Gasteiger partial charge in [-0.25, -0.2) is 4.39 Å². The minimum absolute atomic E-state index is 0.244. The Morgan fingerprint density at radius 2 is 1.95 bits per heavy atom. The Bertz CT molecular complexity index is 446. The molecular formula is C16H25FN2O2. The molecule has 0 radical (unpaired) electrons. The molecule has 0 aliphatic carbocycles. The van der Waals surface area contributed by atoms with Crippen molar-refractivity contribution in [2.45, 2.75) is 39.2 Å². The maximum Gasteiger partial charge on any atom is 0.325 e. The van der Waals surface area contributed by atoms with Gasteiger partial charge in [0.2, 0.25) is 0 Å². The van der Waals surface area contributed by atoms with Crippen molar-refractivity contribution < 1.29 is 13.9 Å². The summed E-state index contributed by atoms with van der Waals surface area (Å²) in [6.07, 6.45) is 1.31. The smallest absolute Gasteiger partial charge is 0.325 e. The molecule has 1 rings (SSSR count). The first-order chi connectivity index (χ1) is 9.90. The van der Waals surface area contributed by atoms with E-state index < -0.39 is 5.54 Å². The van der Waals surface area contributed by atoms with Gasteiger partial charge in [-0.1, -0.05) is 0 Å². The van der Waals surface area contributed by atoms with E-state index in [1.165, 1.54) is 12.1 Å². The van der Waals surface area contributed by atoms with E-state index in [2.05, 4.69) is 4.90 Å². The summed E-state index contributed by atoms with van der Waals surface area (Å²) < 4.78 is 17.9. The van der Waals surface area contributed by atoms with Gasteiger partial charge in [-0.3, -0.25) is 4.79 Å². The molecule has 4 nitrogen and oxygen atoms in total.